The molecule has 0 bridgehead atoms. The minimum Gasteiger partial charge on any atom is -0.352 e. The van der Waals surface area contributed by atoms with E-state index in [-0.39, 0.29) is 24.0 Å². The molecule has 1 saturated heterocycles. The molecule has 24 heavy (non-hydrogen) atoms. The maximum Gasteiger partial charge on any atom is 0.318 e. The molecule has 5 nitrogen and oxygen atoms in total. The Labute approximate surface area is 147 Å². The molecule has 1 aromatic rings. The molecule has 1 unspecified atom stereocenters. The lowest BCUT2D eigenvalue weighted by atomic mass is 10.1. The maximum absolute atomic E-state index is 12.7. The molecule has 1 heterocycles. The van der Waals surface area contributed by atoms with E-state index in [1.54, 1.807) is 16.7 Å². The summed E-state index contributed by atoms with van der Waals surface area (Å²) in [7, 11) is 0. The number of nitrogens with one attached hydrogen (secondary N) is 2. The summed E-state index contributed by atoms with van der Waals surface area (Å²) in [5, 5.41) is 6.08. The molecule has 0 radical (unpaired) electrons. The monoisotopic (exact) mass is 347 g/mol. The van der Waals surface area contributed by atoms with Crippen molar-refractivity contribution in [1.82, 2.24) is 15.5 Å². The van der Waals surface area contributed by atoms with E-state index >= 15 is 0 Å². The SMILES string of the molecule is CSc1ccccc1[C@@H](C)NC(=O)N1CCCC1C(=O)NC1CC1. The van der Waals surface area contributed by atoms with Crippen LogP contribution in [0.3, 0.4) is 0 Å². The topological polar surface area (TPSA) is 61.4 Å². The summed E-state index contributed by atoms with van der Waals surface area (Å²) in [4.78, 5) is 27.9. The van der Waals surface area contributed by atoms with Gasteiger partial charge in [-0.25, -0.2) is 4.79 Å². The van der Waals surface area contributed by atoms with Gasteiger partial charge in [0, 0.05) is 17.5 Å². The zero-order valence-corrected chi connectivity index (χ0v) is 15.1. The number of carbonyl (C=O) groups excluding carboxylic acids is 2. The zero-order valence-electron chi connectivity index (χ0n) is 14.2. The Morgan fingerprint density at radius 2 is 2.00 bits per heavy atom. The summed E-state index contributed by atoms with van der Waals surface area (Å²) >= 11 is 1.67. The van der Waals surface area contributed by atoms with E-state index in [0.717, 1.165) is 36.1 Å². The predicted molar refractivity (Wildman–Crippen MR) is 96.1 cm³/mol. The van der Waals surface area contributed by atoms with Gasteiger partial charge in [0.05, 0.1) is 6.04 Å². The van der Waals surface area contributed by atoms with Crippen LogP contribution in [0, 0.1) is 0 Å². The van der Waals surface area contributed by atoms with Gasteiger partial charge in [0.15, 0.2) is 0 Å². The first-order valence-corrected chi connectivity index (χ1v) is 9.83. The van der Waals surface area contributed by atoms with Crippen LogP contribution >= 0.6 is 11.8 Å². The Hall–Kier alpha value is -1.69. The van der Waals surface area contributed by atoms with Crippen molar-refractivity contribution < 1.29 is 9.59 Å². The first kappa shape index (κ1) is 17.1. The average molecular weight is 347 g/mol. The Morgan fingerprint density at radius 3 is 2.71 bits per heavy atom. The van der Waals surface area contributed by atoms with Crippen LogP contribution < -0.4 is 10.6 Å². The molecule has 6 heteroatoms. The first-order chi connectivity index (χ1) is 11.6. The molecule has 0 aromatic heterocycles. The molecule has 1 saturated carbocycles. The number of carbonyl (C=O) groups is 2. The van der Waals surface area contributed by atoms with Gasteiger partial charge in [-0.3, -0.25) is 4.79 Å². The van der Waals surface area contributed by atoms with E-state index in [1.807, 2.05) is 31.4 Å². The van der Waals surface area contributed by atoms with Gasteiger partial charge in [-0.2, -0.15) is 0 Å². The number of hydrogen-bond acceptors (Lipinski definition) is 3. The Bertz CT molecular complexity index is 618. The standard InChI is InChI=1S/C18H25N3O2S/c1-12(14-6-3-4-8-16(14)24-2)19-18(23)21-11-5-7-15(21)17(22)20-13-9-10-13/h3-4,6,8,12-13,15H,5,7,9-11H2,1-2H3,(H,19,23)(H,20,22)/t12-,15?/m1/s1. The summed E-state index contributed by atoms with van der Waals surface area (Å²) in [5.41, 5.74) is 1.11. The smallest absolute Gasteiger partial charge is 0.318 e. The van der Waals surface area contributed by atoms with Gasteiger partial charge >= 0.3 is 6.03 Å². The number of benzene rings is 1. The molecule has 1 aliphatic heterocycles. The fourth-order valence-electron chi connectivity index (χ4n) is 3.18. The lowest BCUT2D eigenvalue weighted by Crippen LogP contribution is -2.50. The summed E-state index contributed by atoms with van der Waals surface area (Å²) in [6.07, 6.45) is 5.79. The van der Waals surface area contributed by atoms with Crippen LogP contribution in [-0.4, -0.2) is 41.7 Å². The summed E-state index contributed by atoms with van der Waals surface area (Å²) in [5.74, 6) is 0.00215. The first-order valence-electron chi connectivity index (χ1n) is 8.60. The van der Waals surface area contributed by atoms with Crippen molar-refractivity contribution in [3.63, 3.8) is 0 Å². The second kappa shape index (κ2) is 7.47. The Balaban J connectivity index is 1.63. The molecule has 3 amide bonds. The van der Waals surface area contributed by atoms with E-state index < -0.39 is 0 Å². The third kappa shape index (κ3) is 3.86. The highest BCUT2D eigenvalue weighted by molar-refractivity contribution is 7.98. The van der Waals surface area contributed by atoms with Crippen molar-refractivity contribution in [2.45, 2.75) is 55.6 Å². The Morgan fingerprint density at radius 1 is 1.25 bits per heavy atom. The molecular formula is C18H25N3O2S. The molecule has 0 spiro atoms. The highest BCUT2D eigenvalue weighted by atomic mass is 32.2. The van der Waals surface area contributed by atoms with Crippen molar-refractivity contribution in [3.05, 3.63) is 29.8 Å². The van der Waals surface area contributed by atoms with E-state index in [1.165, 1.54) is 0 Å². The number of likely N-dealkylation sites (tertiary alicyclic amines) is 1. The normalized spacial score (nSPS) is 21.4. The number of rotatable bonds is 5. The molecule has 2 atom stereocenters. The van der Waals surface area contributed by atoms with Crippen LogP contribution in [-0.2, 0) is 4.79 Å². The fraction of sp³-hybridized carbons (Fsp3) is 0.556. The van der Waals surface area contributed by atoms with E-state index in [9.17, 15) is 9.59 Å². The van der Waals surface area contributed by atoms with Crippen molar-refractivity contribution >= 4 is 23.7 Å². The quantitative estimate of drug-likeness (QED) is 0.805. The minimum atomic E-state index is -0.325. The minimum absolute atomic E-state index is 0.00215. The van der Waals surface area contributed by atoms with Gasteiger partial charge < -0.3 is 15.5 Å². The molecule has 1 aromatic carbocycles. The number of nitrogens with zero attached hydrogens (tertiary/aromatic N) is 1. The predicted octanol–water partition coefficient (Wildman–Crippen LogP) is 2.92. The van der Waals surface area contributed by atoms with Crippen LogP contribution in [0.15, 0.2) is 29.2 Å². The molecule has 130 valence electrons. The molecule has 2 aliphatic rings. The fourth-order valence-corrected chi connectivity index (χ4v) is 3.87. The largest absolute Gasteiger partial charge is 0.352 e. The van der Waals surface area contributed by atoms with Crippen molar-refractivity contribution in [2.75, 3.05) is 12.8 Å². The van der Waals surface area contributed by atoms with E-state index in [4.69, 9.17) is 0 Å². The van der Waals surface area contributed by atoms with E-state index in [0.29, 0.717) is 12.6 Å². The zero-order chi connectivity index (χ0) is 17.1. The number of hydrogen-bond donors (Lipinski definition) is 2. The molecule has 2 fully saturated rings. The second-order valence-corrected chi connectivity index (χ2v) is 7.40. The van der Waals surface area contributed by atoms with Crippen LogP contribution in [0.2, 0.25) is 0 Å². The summed E-state index contributed by atoms with van der Waals surface area (Å²) in [6, 6.07) is 7.86. The molecular weight excluding hydrogens is 322 g/mol. The van der Waals surface area contributed by atoms with Gasteiger partial charge in [0.2, 0.25) is 5.91 Å². The van der Waals surface area contributed by atoms with Gasteiger partial charge in [-0.15, -0.1) is 11.8 Å². The van der Waals surface area contributed by atoms with E-state index in [2.05, 4.69) is 16.7 Å². The van der Waals surface area contributed by atoms with Crippen LogP contribution in [0.4, 0.5) is 4.79 Å². The highest BCUT2D eigenvalue weighted by Crippen LogP contribution is 2.27. The summed E-state index contributed by atoms with van der Waals surface area (Å²) in [6.45, 7) is 2.63. The second-order valence-electron chi connectivity index (χ2n) is 6.55. The molecule has 3 rings (SSSR count). The highest BCUT2D eigenvalue weighted by Gasteiger charge is 2.36. The maximum atomic E-state index is 12.7. The van der Waals surface area contributed by atoms with Crippen LogP contribution in [0.5, 0.6) is 0 Å². The third-order valence-corrected chi connectivity index (χ3v) is 5.50. The number of urea groups is 1. The van der Waals surface area contributed by atoms with Gasteiger partial charge in [0.25, 0.3) is 0 Å². The van der Waals surface area contributed by atoms with Gasteiger partial charge in [0.1, 0.15) is 6.04 Å². The summed E-state index contributed by atoms with van der Waals surface area (Å²) < 4.78 is 0. The van der Waals surface area contributed by atoms with Crippen molar-refractivity contribution in [1.29, 1.82) is 0 Å². The lowest BCUT2D eigenvalue weighted by molar-refractivity contribution is -0.124. The lowest BCUT2D eigenvalue weighted by Gasteiger charge is -2.26. The van der Waals surface area contributed by atoms with Crippen LogP contribution in [0.25, 0.3) is 0 Å². The molecule has 1 aliphatic carbocycles. The average Bonchev–Trinajstić information content (AvgIpc) is 3.25. The van der Waals surface area contributed by atoms with Crippen LogP contribution in [0.1, 0.15) is 44.2 Å². The third-order valence-electron chi connectivity index (χ3n) is 4.69. The van der Waals surface area contributed by atoms with Crippen molar-refractivity contribution in [3.8, 4) is 0 Å². The Kier molecular flexibility index (Phi) is 5.33. The number of thioether (sulfide) groups is 1. The number of amides is 3. The van der Waals surface area contributed by atoms with Gasteiger partial charge in [-0.1, -0.05) is 18.2 Å². The van der Waals surface area contributed by atoms with Gasteiger partial charge in [-0.05, 0) is 50.5 Å². The molecule has 2 N–H and O–H groups in total. The van der Waals surface area contributed by atoms with Crippen molar-refractivity contribution in [2.24, 2.45) is 0 Å².